The van der Waals surface area contributed by atoms with Crippen LogP contribution in [0.3, 0.4) is 0 Å². The lowest BCUT2D eigenvalue weighted by atomic mass is 10.5. The van der Waals surface area contributed by atoms with Gasteiger partial charge in [-0.3, -0.25) is 4.40 Å². The summed E-state index contributed by atoms with van der Waals surface area (Å²) in [5.41, 5.74) is 1.77. The fourth-order valence-electron chi connectivity index (χ4n) is 1.53. The average molecular weight is 246 g/mol. The molecule has 0 amide bonds. The standard InChI is InChI=1S/C10H10N6S/c1-7-5-17-8(14-7)4-12-9-10-15-13-6-16(10)3-2-11-9/h2-3,5-6H,4H2,1H3,(H,11,12). The predicted molar refractivity (Wildman–Crippen MR) is 65.0 cm³/mol. The summed E-state index contributed by atoms with van der Waals surface area (Å²) < 4.78 is 1.82. The Balaban J connectivity index is 1.83. The summed E-state index contributed by atoms with van der Waals surface area (Å²) in [4.78, 5) is 8.62. The van der Waals surface area contributed by atoms with Crippen LogP contribution in [0, 0.1) is 6.92 Å². The van der Waals surface area contributed by atoms with Crippen molar-refractivity contribution >= 4 is 22.8 Å². The van der Waals surface area contributed by atoms with Crippen molar-refractivity contribution in [1.82, 2.24) is 24.6 Å². The minimum Gasteiger partial charge on any atom is -0.360 e. The third-order valence-electron chi connectivity index (χ3n) is 2.29. The highest BCUT2D eigenvalue weighted by molar-refractivity contribution is 7.09. The largest absolute Gasteiger partial charge is 0.360 e. The maximum absolute atomic E-state index is 4.38. The number of thiazole rings is 1. The van der Waals surface area contributed by atoms with E-state index in [1.54, 1.807) is 23.9 Å². The molecule has 3 heterocycles. The van der Waals surface area contributed by atoms with Gasteiger partial charge in [0.05, 0.1) is 6.54 Å². The Morgan fingerprint density at radius 3 is 3.24 bits per heavy atom. The van der Waals surface area contributed by atoms with E-state index in [1.165, 1.54) is 0 Å². The summed E-state index contributed by atoms with van der Waals surface area (Å²) in [6, 6.07) is 0. The SMILES string of the molecule is Cc1csc(CNc2nccn3cnnc23)n1. The third-order valence-corrected chi connectivity index (χ3v) is 3.26. The normalized spacial score (nSPS) is 10.9. The number of rotatable bonds is 3. The monoisotopic (exact) mass is 246 g/mol. The summed E-state index contributed by atoms with van der Waals surface area (Å²) in [6.07, 6.45) is 5.18. The molecule has 1 N–H and O–H groups in total. The van der Waals surface area contributed by atoms with Crippen LogP contribution < -0.4 is 5.32 Å². The molecule has 3 aromatic heterocycles. The van der Waals surface area contributed by atoms with Gasteiger partial charge >= 0.3 is 0 Å². The Kier molecular flexibility index (Phi) is 2.45. The van der Waals surface area contributed by atoms with Crippen molar-refractivity contribution in [2.24, 2.45) is 0 Å². The highest BCUT2D eigenvalue weighted by atomic mass is 32.1. The molecule has 6 nitrogen and oxygen atoms in total. The Bertz CT molecular complexity index is 643. The first-order valence-electron chi connectivity index (χ1n) is 5.12. The number of fused-ring (bicyclic) bond motifs is 1. The number of hydrogen-bond donors (Lipinski definition) is 1. The molecule has 0 spiro atoms. The molecule has 0 unspecified atom stereocenters. The van der Waals surface area contributed by atoms with Gasteiger partial charge in [-0.25, -0.2) is 9.97 Å². The molecular weight excluding hydrogens is 236 g/mol. The Morgan fingerprint density at radius 1 is 1.47 bits per heavy atom. The Labute approximate surface area is 101 Å². The second-order valence-electron chi connectivity index (χ2n) is 3.57. The molecule has 0 aliphatic heterocycles. The molecule has 0 aliphatic carbocycles. The smallest absolute Gasteiger partial charge is 0.203 e. The predicted octanol–water partition coefficient (Wildman–Crippen LogP) is 1.50. The lowest BCUT2D eigenvalue weighted by molar-refractivity contribution is 1.04. The first kappa shape index (κ1) is 10.2. The van der Waals surface area contributed by atoms with Crippen molar-refractivity contribution in [3.8, 4) is 0 Å². The number of nitrogens with one attached hydrogen (secondary N) is 1. The second kappa shape index (κ2) is 4.10. The van der Waals surface area contributed by atoms with Crippen LogP contribution in [-0.4, -0.2) is 24.6 Å². The lowest BCUT2D eigenvalue weighted by Crippen LogP contribution is -2.03. The van der Waals surface area contributed by atoms with Gasteiger partial charge in [0.15, 0.2) is 5.82 Å². The van der Waals surface area contributed by atoms with Crippen molar-refractivity contribution < 1.29 is 0 Å². The van der Waals surface area contributed by atoms with E-state index in [4.69, 9.17) is 0 Å². The molecule has 0 aliphatic rings. The maximum Gasteiger partial charge on any atom is 0.203 e. The second-order valence-corrected chi connectivity index (χ2v) is 4.52. The molecule has 7 heteroatoms. The van der Waals surface area contributed by atoms with Crippen LogP contribution in [0.5, 0.6) is 0 Å². The van der Waals surface area contributed by atoms with Crippen molar-refractivity contribution in [1.29, 1.82) is 0 Å². The summed E-state index contributed by atoms with van der Waals surface area (Å²) in [7, 11) is 0. The molecule has 3 rings (SSSR count). The Hall–Kier alpha value is -2.02. The van der Waals surface area contributed by atoms with E-state index in [1.807, 2.05) is 22.9 Å². The number of aryl methyl sites for hydroxylation is 1. The van der Waals surface area contributed by atoms with Crippen LogP contribution in [0.2, 0.25) is 0 Å². The summed E-state index contributed by atoms with van der Waals surface area (Å²) in [5, 5.41) is 14.1. The van der Waals surface area contributed by atoms with Crippen molar-refractivity contribution in [2.75, 3.05) is 5.32 Å². The van der Waals surface area contributed by atoms with Crippen LogP contribution in [0.15, 0.2) is 24.1 Å². The lowest BCUT2D eigenvalue weighted by Gasteiger charge is -2.03. The van der Waals surface area contributed by atoms with Gasteiger partial charge in [0.1, 0.15) is 11.3 Å². The molecule has 86 valence electrons. The van der Waals surface area contributed by atoms with Gasteiger partial charge in [0.25, 0.3) is 0 Å². The molecule has 0 aromatic carbocycles. The molecule has 0 bridgehead atoms. The summed E-state index contributed by atoms with van der Waals surface area (Å²) >= 11 is 1.63. The van der Waals surface area contributed by atoms with E-state index in [9.17, 15) is 0 Å². The van der Waals surface area contributed by atoms with Crippen LogP contribution in [0.1, 0.15) is 10.7 Å². The highest BCUT2D eigenvalue weighted by Crippen LogP contribution is 2.13. The molecule has 0 saturated heterocycles. The van der Waals surface area contributed by atoms with Gasteiger partial charge in [-0.1, -0.05) is 0 Å². The quantitative estimate of drug-likeness (QED) is 0.758. The van der Waals surface area contributed by atoms with Gasteiger partial charge < -0.3 is 5.32 Å². The fraction of sp³-hybridized carbons (Fsp3) is 0.200. The van der Waals surface area contributed by atoms with E-state index < -0.39 is 0 Å². The van der Waals surface area contributed by atoms with Gasteiger partial charge in [-0.15, -0.1) is 21.5 Å². The average Bonchev–Trinajstić information content (AvgIpc) is 2.94. The first-order valence-corrected chi connectivity index (χ1v) is 6.00. The molecule has 17 heavy (non-hydrogen) atoms. The van der Waals surface area contributed by atoms with Crippen LogP contribution >= 0.6 is 11.3 Å². The highest BCUT2D eigenvalue weighted by Gasteiger charge is 2.05. The molecule has 0 atom stereocenters. The van der Waals surface area contributed by atoms with Gasteiger partial charge in [0.2, 0.25) is 5.65 Å². The molecule has 0 radical (unpaired) electrons. The summed E-state index contributed by atoms with van der Waals surface area (Å²) in [6.45, 7) is 2.63. The Morgan fingerprint density at radius 2 is 2.41 bits per heavy atom. The molecule has 0 fully saturated rings. The molecule has 3 aromatic rings. The topological polar surface area (TPSA) is 68.0 Å². The van der Waals surface area contributed by atoms with Crippen molar-refractivity contribution in [2.45, 2.75) is 13.5 Å². The van der Waals surface area contributed by atoms with Crippen LogP contribution in [0.4, 0.5) is 5.82 Å². The zero-order valence-electron chi connectivity index (χ0n) is 9.16. The first-order chi connectivity index (χ1) is 8.33. The zero-order chi connectivity index (χ0) is 11.7. The number of nitrogens with zero attached hydrogens (tertiary/aromatic N) is 5. The van der Waals surface area contributed by atoms with E-state index in [2.05, 4.69) is 25.5 Å². The summed E-state index contributed by atoms with van der Waals surface area (Å²) in [5.74, 6) is 0.720. The number of hydrogen-bond acceptors (Lipinski definition) is 6. The molecule has 0 saturated carbocycles. The third kappa shape index (κ3) is 1.96. The minimum absolute atomic E-state index is 0.651. The zero-order valence-corrected chi connectivity index (χ0v) is 9.98. The van der Waals surface area contributed by atoms with E-state index in [0.29, 0.717) is 6.54 Å². The number of anilines is 1. The van der Waals surface area contributed by atoms with E-state index in [0.717, 1.165) is 22.2 Å². The van der Waals surface area contributed by atoms with Crippen LogP contribution in [-0.2, 0) is 6.54 Å². The minimum atomic E-state index is 0.651. The van der Waals surface area contributed by atoms with Gasteiger partial charge in [-0.05, 0) is 6.92 Å². The number of aromatic nitrogens is 5. The van der Waals surface area contributed by atoms with Crippen molar-refractivity contribution in [3.05, 3.63) is 34.8 Å². The van der Waals surface area contributed by atoms with E-state index >= 15 is 0 Å². The fourth-order valence-corrected chi connectivity index (χ4v) is 2.24. The van der Waals surface area contributed by atoms with Crippen molar-refractivity contribution in [3.63, 3.8) is 0 Å². The maximum atomic E-state index is 4.38. The van der Waals surface area contributed by atoms with Crippen LogP contribution in [0.25, 0.3) is 5.65 Å². The molecular formula is C10H10N6S. The van der Waals surface area contributed by atoms with Gasteiger partial charge in [0, 0.05) is 23.5 Å². The van der Waals surface area contributed by atoms with E-state index in [-0.39, 0.29) is 0 Å². The van der Waals surface area contributed by atoms with Gasteiger partial charge in [-0.2, -0.15) is 0 Å².